The predicted molar refractivity (Wildman–Crippen MR) is 128 cm³/mol. The lowest BCUT2D eigenvalue weighted by atomic mass is 9.77. The van der Waals surface area contributed by atoms with Crippen LogP contribution in [0.3, 0.4) is 0 Å². The van der Waals surface area contributed by atoms with E-state index in [1.54, 1.807) is 11.1 Å². The molecule has 0 N–H and O–H groups in total. The lowest BCUT2D eigenvalue weighted by Gasteiger charge is -2.28. The molecule has 3 rings (SSSR count). The molecular formula is C29H46. The van der Waals surface area contributed by atoms with Crippen molar-refractivity contribution in [2.24, 2.45) is 17.8 Å². The van der Waals surface area contributed by atoms with Gasteiger partial charge >= 0.3 is 0 Å². The first-order chi connectivity index (χ1) is 14.3. The van der Waals surface area contributed by atoms with Crippen molar-refractivity contribution in [3.8, 4) is 0 Å². The van der Waals surface area contributed by atoms with E-state index in [1.807, 2.05) is 0 Å². The zero-order chi connectivity index (χ0) is 20.3. The third-order valence-corrected chi connectivity index (χ3v) is 7.86. The summed E-state index contributed by atoms with van der Waals surface area (Å²) in [6.07, 6.45) is 25.9. The Labute approximate surface area is 181 Å². The van der Waals surface area contributed by atoms with Gasteiger partial charge in [0.05, 0.1) is 0 Å². The van der Waals surface area contributed by atoms with Crippen molar-refractivity contribution in [3.63, 3.8) is 0 Å². The third-order valence-electron chi connectivity index (χ3n) is 7.86. The van der Waals surface area contributed by atoms with Crippen molar-refractivity contribution in [2.45, 2.75) is 116 Å². The zero-order valence-electron chi connectivity index (χ0n) is 19.4. The highest BCUT2D eigenvalue weighted by molar-refractivity contribution is 5.26. The van der Waals surface area contributed by atoms with Gasteiger partial charge in [-0.1, -0.05) is 102 Å². The molecule has 0 saturated heterocycles. The van der Waals surface area contributed by atoms with E-state index >= 15 is 0 Å². The minimum Gasteiger partial charge on any atom is -0.0883 e. The van der Waals surface area contributed by atoms with E-state index in [0.717, 1.165) is 23.7 Å². The molecule has 0 aliphatic heterocycles. The van der Waals surface area contributed by atoms with Gasteiger partial charge in [-0.3, -0.25) is 0 Å². The summed E-state index contributed by atoms with van der Waals surface area (Å²) < 4.78 is 0. The number of hydrogen-bond acceptors (Lipinski definition) is 0. The second kappa shape index (κ2) is 12.6. The Kier molecular flexibility index (Phi) is 9.84. The van der Waals surface area contributed by atoms with Crippen LogP contribution in [0.2, 0.25) is 0 Å². The first-order valence-electron chi connectivity index (χ1n) is 13.0. The Morgan fingerprint density at radius 3 is 2.03 bits per heavy atom. The number of rotatable bonds is 10. The predicted octanol–water partition coefficient (Wildman–Crippen LogP) is 9.25. The molecule has 2 aliphatic carbocycles. The minimum absolute atomic E-state index is 0.804. The van der Waals surface area contributed by atoms with Crippen molar-refractivity contribution in [3.05, 3.63) is 47.5 Å². The van der Waals surface area contributed by atoms with E-state index in [-0.39, 0.29) is 0 Å². The van der Waals surface area contributed by atoms with Gasteiger partial charge in [0.25, 0.3) is 0 Å². The average molecular weight is 395 g/mol. The van der Waals surface area contributed by atoms with Crippen LogP contribution in [-0.4, -0.2) is 0 Å². The number of unbranched alkanes of at least 4 members (excludes halogenated alkanes) is 2. The quantitative estimate of drug-likeness (QED) is 0.347. The highest BCUT2D eigenvalue weighted by Gasteiger charge is 2.22. The lowest BCUT2D eigenvalue weighted by molar-refractivity contribution is 0.250. The zero-order valence-corrected chi connectivity index (χ0v) is 19.4. The summed E-state index contributed by atoms with van der Waals surface area (Å²) in [5, 5.41) is 0. The van der Waals surface area contributed by atoms with Crippen molar-refractivity contribution in [2.75, 3.05) is 0 Å². The summed E-state index contributed by atoms with van der Waals surface area (Å²) >= 11 is 0. The maximum absolute atomic E-state index is 2.50. The lowest BCUT2D eigenvalue weighted by Crippen LogP contribution is -2.15. The molecule has 0 amide bonds. The molecule has 0 nitrogen and oxygen atoms in total. The van der Waals surface area contributed by atoms with Gasteiger partial charge in [0, 0.05) is 0 Å². The van der Waals surface area contributed by atoms with Crippen molar-refractivity contribution >= 4 is 0 Å². The fraction of sp³-hybridized carbons (Fsp3) is 0.724. The van der Waals surface area contributed by atoms with Gasteiger partial charge < -0.3 is 0 Å². The van der Waals surface area contributed by atoms with E-state index in [1.165, 1.54) is 96.3 Å². The minimum atomic E-state index is 0.804. The topological polar surface area (TPSA) is 0 Å². The van der Waals surface area contributed by atoms with Gasteiger partial charge in [-0.25, -0.2) is 0 Å². The van der Waals surface area contributed by atoms with E-state index in [4.69, 9.17) is 0 Å². The van der Waals surface area contributed by atoms with Gasteiger partial charge in [-0.15, -0.1) is 0 Å². The normalized spacial score (nSPS) is 28.1. The van der Waals surface area contributed by atoms with Crippen LogP contribution in [0.1, 0.15) is 121 Å². The van der Waals surface area contributed by atoms with Crippen molar-refractivity contribution in [1.82, 2.24) is 0 Å². The summed E-state index contributed by atoms with van der Waals surface area (Å²) in [5.41, 5.74) is 3.17. The molecule has 0 bridgehead atoms. The molecule has 2 fully saturated rings. The van der Waals surface area contributed by atoms with E-state index in [9.17, 15) is 0 Å². The second-order valence-electron chi connectivity index (χ2n) is 10.1. The molecule has 0 radical (unpaired) electrons. The average Bonchev–Trinajstić information content (AvgIpc) is 2.78. The van der Waals surface area contributed by atoms with Gasteiger partial charge in [0.1, 0.15) is 0 Å². The van der Waals surface area contributed by atoms with Gasteiger partial charge in [0.15, 0.2) is 0 Å². The van der Waals surface area contributed by atoms with Crippen LogP contribution in [0.25, 0.3) is 0 Å². The van der Waals surface area contributed by atoms with Crippen LogP contribution in [0.5, 0.6) is 0 Å². The fourth-order valence-electron chi connectivity index (χ4n) is 5.73. The molecule has 0 aromatic heterocycles. The second-order valence-corrected chi connectivity index (χ2v) is 10.1. The summed E-state index contributed by atoms with van der Waals surface area (Å²) in [5.74, 6) is 3.68. The van der Waals surface area contributed by atoms with Gasteiger partial charge in [0.2, 0.25) is 0 Å². The van der Waals surface area contributed by atoms with Gasteiger partial charge in [-0.2, -0.15) is 0 Å². The van der Waals surface area contributed by atoms with E-state index < -0.39 is 0 Å². The van der Waals surface area contributed by atoms with Crippen LogP contribution in [0.15, 0.2) is 36.4 Å². The SMILES string of the molecule is CCC/C=C/C1CCC(c2ccc(CCC3CCC(CCCC)CC3)cc2)CC1. The summed E-state index contributed by atoms with van der Waals surface area (Å²) in [4.78, 5) is 0. The molecule has 2 saturated carbocycles. The number of benzene rings is 1. The molecule has 29 heavy (non-hydrogen) atoms. The number of aryl methyl sites for hydroxylation is 1. The number of allylic oxidation sites excluding steroid dienone is 2. The molecule has 0 heteroatoms. The molecule has 0 spiro atoms. The Morgan fingerprint density at radius 1 is 0.759 bits per heavy atom. The monoisotopic (exact) mass is 394 g/mol. The molecule has 162 valence electrons. The van der Waals surface area contributed by atoms with Crippen LogP contribution in [0, 0.1) is 17.8 Å². The molecule has 1 aromatic rings. The molecule has 0 unspecified atom stereocenters. The Hall–Kier alpha value is -1.04. The maximum Gasteiger partial charge on any atom is -0.0162 e. The van der Waals surface area contributed by atoms with Crippen molar-refractivity contribution in [1.29, 1.82) is 0 Å². The first kappa shape index (κ1) is 22.6. The third kappa shape index (κ3) is 7.62. The standard InChI is InChI=1S/C29H46/c1-3-5-7-9-25-16-20-28(21-17-25)29-22-18-27(19-23-29)15-14-26-12-10-24(11-13-26)8-6-4-2/h7,9,18-19,22-26,28H,3-6,8,10-17,20-21H2,1-2H3/b9-7+. The summed E-state index contributed by atoms with van der Waals surface area (Å²) in [6, 6.07) is 9.79. The molecule has 0 atom stereocenters. The van der Waals surface area contributed by atoms with E-state index in [0.29, 0.717) is 0 Å². The molecular weight excluding hydrogens is 348 g/mol. The summed E-state index contributed by atoms with van der Waals surface area (Å²) in [6.45, 7) is 4.60. The van der Waals surface area contributed by atoms with Crippen LogP contribution < -0.4 is 0 Å². The number of hydrogen-bond donors (Lipinski definition) is 0. The largest absolute Gasteiger partial charge is 0.0883 e. The Balaban J connectivity index is 1.36. The summed E-state index contributed by atoms with van der Waals surface area (Å²) in [7, 11) is 0. The molecule has 0 heterocycles. The maximum atomic E-state index is 2.50. The molecule has 2 aliphatic rings. The molecule has 1 aromatic carbocycles. The van der Waals surface area contributed by atoms with E-state index in [2.05, 4.69) is 50.3 Å². The Bertz CT molecular complexity index is 565. The smallest absolute Gasteiger partial charge is 0.0162 e. The fourth-order valence-corrected chi connectivity index (χ4v) is 5.73. The Morgan fingerprint density at radius 2 is 1.41 bits per heavy atom. The van der Waals surface area contributed by atoms with Crippen LogP contribution in [-0.2, 0) is 6.42 Å². The van der Waals surface area contributed by atoms with Crippen LogP contribution in [0.4, 0.5) is 0 Å². The van der Waals surface area contributed by atoms with Crippen LogP contribution >= 0.6 is 0 Å². The highest BCUT2D eigenvalue weighted by atomic mass is 14.3. The first-order valence-corrected chi connectivity index (χ1v) is 13.0. The van der Waals surface area contributed by atoms with Gasteiger partial charge in [-0.05, 0) is 79.7 Å². The van der Waals surface area contributed by atoms with Crippen molar-refractivity contribution < 1.29 is 0 Å². The highest BCUT2D eigenvalue weighted by Crippen LogP contribution is 2.37.